The molecule has 0 saturated carbocycles. The van der Waals surface area contributed by atoms with Crippen molar-refractivity contribution in [3.05, 3.63) is 75.9 Å². The van der Waals surface area contributed by atoms with Gasteiger partial charge in [0.1, 0.15) is 6.04 Å². The number of amides is 2. The highest BCUT2D eigenvalue weighted by Gasteiger charge is 2.30. The van der Waals surface area contributed by atoms with Crippen LogP contribution in [0, 0.1) is 5.92 Å². The largest absolute Gasteiger partial charge is 0.480 e. The third kappa shape index (κ3) is 6.49. The monoisotopic (exact) mass is 571 g/mol. The molecule has 1 atom stereocenters. The van der Waals surface area contributed by atoms with E-state index in [-0.39, 0.29) is 24.2 Å². The van der Waals surface area contributed by atoms with Crippen molar-refractivity contribution in [3.63, 3.8) is 0 Å². The molecule has 10 heteroatoms. The van der Waals surface area contributed by atoms with Gasteiger partial charge in [-0.15, -0.1) is 11.8 Å². The van der Waals surface area contributed by atoms with Gasteiger partial charge in [0, 0.05) is 48.0 Å². The number of hydrogen-bond acceptors (Lipinski definition) is 5. The average molecular weight is 573 g/mol. The molecule has 1 aliphatic rings. The van der Waals surface area contributed by atoms with Gasteiger partial charge in [-0.1, -0.05) is 47.5 Å². The number of pyridine rings is 1. The first-order chi connectivity index (χ1) is 18.3. The van der Waals surface area contributed by atoms with Crippen LogP contribution in [0.5, 0.6) is 0 Å². The maximum Gasteiger partial charge on any atom is 0.326 e. The highest BCUT2D eigenvalue weighted by Crippen LogP contribution is 2.35. The molecule has 0 spiro atoms. The van der Waals surface area contributed by atoms with E-state index in [9.17, 15) is 19.5 Å². The quantitative estimate of drug-likeness (QED) is 0.280. The Balaban J connectivity index is 1.33. The summed E-state index contributed by atoms with van der Waals surface area (Å²) in [6.45, 7) is 0.793. The van der Waals surface area contributed by atoms with Crippen molar-refractivity contribution < 1.29 is 19.5 Å². The Morgan fingerprint density at radius 1 is 1.13 bits per heavy atom. The average Bonchev–Trinajstić information content (AvgIpc) is 2.93. The molecular weight excluding hydrogens is 545 g/mol. The van der Waals surface area contributed by atoms with Gasteiger partial charge in [0.25, 0.3) is 0 Å². The number of carboxylic acids is 1. The van der Waals surface area contributed by atoms with Gasteiger partial charge in [0.15, 0.2) is 0 Å². The molecule has 1 aromatic heterocycles. The standard InChI is InChI=1S/C28H27Cl2N3O4S/c1-38-23-8-6-17(25(29)26(23)30)7-9-24(34)33-14-11-18(12-15-33)27(35)32-22(28(36)37)16-19-10-13-31-21-5-3-2-4-20(19)21/h2-10,13,18,22H,11-12,14-16H2,1H3,(H,32,35)(H,36,37)/b9-7+/t22-/m0/s1. The zero-order chi connectivity index (χ0) is 27.2. The number of aromatic nitrogens is 1. The number of aliphatic carboxylic acids is 1. The van der Waals surface area contributed by atoms with E-state index in [1.54, 1.807) is 23.2 Å². The van der Waals surface area contributed by atoms with E-state index in [0.717, 1.165) is 21.4 Å². The second-order valence-corrected chi connectivity index (χ2v) is 10.6. The smallest absolute Gasteiger partial charge is 0.326 e. The highest BCUT2D eigenvalue weighted by molar-refractivity contribution is 7.98. The van der Waals surface area contributed by atoms with E-state index in [1.807, 2.05) is 42.7 Å². The first-order valence-corrected chi connectivity index (χ1v) is 14.1. The molecule has 7 nitrogen and oxygen atoms in total. The summed E-state index contributed by atoms with van der Waals surface area (Å²) < 4.78 is 0. The SMILES string of the molecule is CSc1ccc(/C=C/C(=O)N2CCC(C(=O)N[C@@H](Cc3ccnc4ccccc34)C(=O)O)CC2)c(Cl)c1Cl. The lowest BCUT2D eigenvalue weighted by molar-refractivity contribution is -0.142. The molecule has 198 valence electrons. The number of para-hydroxylation sites is 1. The summed E-state index contributed by atoms with van der Waals surface area (Å²) in [6.07, 6.45) is 7.69. The van der Waals surface area contributed by atoms with Crippen molar-refractivity contribution in [2.45, 2.75) is 30.2 Å². The van der Waals surface area contributed by atoms with Crippen LogP contribution in [0.4, 0.5) is 0 Å². The van der Waals surface area contributed by atoms with Crippen LogP contribution in [0.25, 0.3) is 17.0 Å². The second kappa shape index (κ2) is 12.7. The van der Waals surface area contributed by atoms with E-state index in [2.05, 4.69) is 10.3 Å². The molecule has 1 aliphatic heterocycles. The van der Waals surface area contributed by atoms with Crippen LogP contribution in [0.1, 0.15) is 24.0 Å². The molecule has 2 aromatic carbocycles. The Kier molecular flexibility index (Phi) is 9.31. The molecule has 2 amide bonds. The van der Waals surface area contributed by atoms with Gasteiger partial charge in [0.2, 0.25) is 11.8 Å². The summed E-state index contributed by atoms with van der Waals surface area (Å²) in [5, 5.41) is 14.2. The number of carbonyl (C=O) groups excluding carboxylic acids is 2. The molecule has 0 unspecified atom stereocenters. The lowest BCUT2D eigenvalue weighted by Crippen LogP contribution is -2.48. The maximum atomic E-state index is 12.9. The lowest BCUT2D eigenvalue weighted by Gasteiger charge is -2.31. The molecule has 4 rings (SSSR count). The first-order valence-electron chi connectivity index (χ1n) is 12.1. The zero-order valence-corrected chi connectivity index (χ0v) is 23.0. The summed E-state index contributed by atoms with van der Waals surface area (Å²) in [5.41, 5.74) is 2.23. The number of nitrogens with one attached hydrogen (secondary N) is 1. The number of piperidine rings is 1. The first kappa shape index (κ1) is 28.0. The molecule has 2 N–H and O–H groups in total. The van der Waals surface area contributed by atoms with Gasteiger partial charge in [-0.3, -0.25) is 14.6 Å². The van der Waals surface area contributed by atoms with Gasteiger partial charge >= 0.3 is 5.97 Å². The summed E-state index contributed by atoms with van der Waals surface area (Å²) in [4.78, 5) is 44.5. The van der Waals surface area contributed by atoms with E-state index in [4.69, 9.17) is 23.2 Å². The Bertz CT molecular complexity index is 1380. The van der Waals surface area contributed by atoms with Crippen molar-refractivity contribution >= 4 is 69.7 Å². The van der Waals surface area contributed by atoms with Crippen molar-refractivity contribution in [2.24, 2.45) is 5.92 Å². The summed E-state index contributed by atoms with van der Waals surface area (Å²) >= 11 is 14.1. The molecule has 38 heavy (non-hydrogen) atoms. The number of halogens is 2. The topological polar surface area (TPSA) is 99.6 Å². The minimum Gasteiger partial charge on any atom is -0.480 e. The predicted molar refractivity (Wildman–Crippen MR) is 152 cm³/mol. The van der Waals surface area contributed by atoms with Gasteiger partial charge in [-0.2, -0.15) is 0 Å². The minimum atomic E-state index is -1.10. The molecule has 0 aliphatic carbocycles. The Labute approximate surface area is 235 Å². The van der Waals surface area contributed by atoms with Crippen LogP contribution in [0.2, 0.25) is 10.0 Å². The second-order valence-electron chi connectivity index (χ2n) is 9.01. The van der Waals surface area contributed by atoms with Gasteiger partial charge in [-0.25, -0.2) is 4.79 Å². The fourth-order valence-corrected chi connectivity index (χ4v) is 5.68. The van der Waals surface area contributed by atoms with Crippen molar-refractivity contribution in [2.75, 3.05) is 19.3 Å². The van der Waals surface area contributed by atoms with Crippen LogP contribution in [0.15, 0.2) is 59.6 Å². The van der Waals surface area contributed by atoms with Crippen LogP contribution in [0.3, 0.4) is 0 Å². The van der Waals surface area contributed by atoms with Gasteiger partial charge in [-0.05, 0) is 54.5 Å². The van der Waals surface area contributed by atoms with E-state index >= 15 is 0 Å². The number of fused-ring (bicyclic) bond motifs is 1. The van der Waals surface area contributed by atoms with E-state index in [0.29, 0.717) is 41.5 Å². The number of thioether (sulfide) groups is 1. The molecule has 1 saturated heterocycles. The number of hydrogen-bond donors (Lipinski definition) is 2. The predicted octanol–water partition coefficient (Wildman–Crippen LogP) is 5.33. The summed E-state index contributed by atoms with van der Waals surface area (Å²) in [7, 11) is 0. The third-order valence-corrected chi connectivity index (χ3v) is 8.45. The fourth-order valence-electron chi connectivity index (χ4n) is 4.50. The van der Waals surface area contributed by atoms with Gasteiger partial charge in [0.05, 0.1) is 15.6 Å². The zero-order valence-electron chi connectivity index (χ0n) is 20.7. The van der Waals surface area contributed by atoms with Crippen molar-refractivity contribution in [1.29, 1.82) is 0 Å². The Hall–Kier alpha value is -3.07. The molecule has 2 heterocycles. The fraction of sp³-hybridized carbons (Fsp3) is 0.286. The lowest BCUT2D eigenvalue weighted by atomic mass is 9.94. The van der Waals surface area contributed by atoms with Crippen LogP contribution in [-0.2, 0) is 20.8 Å². The molecule has 0 bridgehead atoms. The minimum absolute atomic E-state index is 0.150. The Morgan fingerprint density at radius 2 is 1.87 bits per heavy atom. The van der Waals surface area contributed by atoms with Crippen LogP contribution in [-0.4, -0.2) is 58.2 Å². The number of likely N-dealkylation sites (tertiary alicyclic amines) is 1. The van der Waals surface area contributed by atoms with E-state index in [1.165, 1.54) is 17.8 Å². The number of rotatable bonds is 8. The number of benzene rings is 2. The van der Waals surface area contributed by atoms with Crippen LogP contribution < -0.4 is 5.32 Å². The molecule has 3 aromatic rings. The summed E-state index contributed by atoms with van der Waals surface area (Å²) in [5.74, 6) is -1.96. The highest BCUT2D eigenvalue weighted by atomic mass is 35.5. The van der Waals surface area contributed by atoms with E-state index < -0.39 is 12.0 Å². The summed E-state index contributed by atoms with van der Waals surface area (Å²) in [6, 6.07) is 11.9. The van der Waals surface area contributed by atoms with Crippen LogP contribution >= 0.6 is 35.0 Å². The number of nitrogens with zero attached hydrogens (tertiary/aromatic N) is 2. The normalized spacial score (nSPS) is 15.1. The number of carboxylic acid groups (broad SMARTS) is 1. The number of carbonyl (C=O) groups is 3. The van der Waals surface area contributed by atoms with Gasteiger partial charge < -0.3 is 15.3 Å². The molecule has 0 radical (unpaired) electrons. The van der Waals surface area contributed by atoms with Crippen molar-refractivity contribution in [3.8, 4) is 0 Å². The third-order valence-electron chi connectivity index (χ3n) is 6.66. The molecule has 1 fully saturated rings. The molecular formula is C28H27Cl2N3O4S. The maximum absolute atomic E-state index is 12.9. The Morgan fingerprint density at radius 3 is 2.58 bits per heavy atom. The van der Waals surface area contributed by atoms with Crippen molar-refractivity contribution in [1.82, 2.24) is 15.2 Å².